The van der Waals surface area contributed by atoms with Crippen molar-refractivity contribution in [2.45, 2.75) is 31.9 Å². The van der Waals surface area contributed by atoms with Crippen LogP contribution in [0.5, 0.6) is 0 Å². The molecule has 0 saturated heterocycles. The second-order valence-corrected chi connectivity index (χ2v) is 3.16. The van der Waals surface area contributed by atoms with Crippen molar-refractivity contribution in [3.63, 3.8) is 0 Å². The minimum absolute atomic E-state index is 0.0509. The molecule has 0 amide bonds. The van der Waals surface area contributed by atoms with Gasteiger partial charge in [0.1, 0.15) is 0 Å². The van der Waals surface area contributed by atoms with E-state index < -0.39 is 0 Å². The fourth-order valence-electron chi connectivity index (χ4n) is 0.798. The molecule has 0 spiro atoms. The predicted octanol–water partition coefficient (Wildman–Crippen LogP) is 0.0875. The van der Waals surface area contributed by atoms with E-state index in [2.05, 4.69) is 0 Å². The highest BCUT2D eigenvalue weighted by Crippen LogP contribution is 2.13. The molecule has 0 bridgehead atoms. The molecule has 0 aromatic heterocycles. The number of nitrogens with two attached hydrogens (primary N) is 2. The van der Waals surface area contributed by atoms with E-state index in [0.29, 0.717) is 6.54 Å². The van der Waals surface area contributed by atoms with Crippen LogP contribution in [0, 0.1) is 0 Å². The summed E-state index contributed by atoms with van der Waals surface area (Å²) in [5.41, 5.74) is 10.8. The van der Waals surface area contributed by atoms with Gasteiger partial charge in [-0.25, -0.2) is 0 Å². The molecule has 62 valence electrons. The van der Waals surface area contributed by atoms with Gasteiger partial charge in [0.2, 0.25) is 0 Å². The first kappa shape index (κ1) is 9.88. The van der Waals surface area contributed by atoms with Crippen LogP contribution in [0.15, 0.2) is 0 Å². The molecule has 0 heterocycles. The van der Waals surface area contributed by atoms with Crippen LogP contribution in [0.4, 0.5) is 0 Å². The largest absolute Gasteiger partial charge is 0.379 e. The standard InChI is InChI=1S/C7H18N2O/c1-7(2,10-3)4-6(9)5-8/h6H,4-5,8-9H2,1-3H3. The Morgan fingerprint density at radius 2 is 2.00 bits per heavy atom. The van der Waals surface area contributed by atoms with Gasteiger partial charge in [0.15, 0.2) is 0 Å². The fraction of sp³-hybridized carbons (Fsp3) is 1.00. The van der Waals surface area contributed by atoms with Crippen LogP contribution in [-0.2, 0) is 4.74 Å². The first-order chi connectivity index (χ1) is 4.52. The number of ether oxygens (including phenoxy) is 1. The summed E-state index contributed by atoms with van der Waals surface area (Å²) in [7, 11) is 1.68. The number of rotatable bonds is 4. The minimum atomic E-state index is -0.140. The van der Waals surface area contributed by atoms with Crippen LogP contribution in [-0.4, -0.2) is 25.3 Å². The van der Waals surface area contributed by atoms with Gasteiger partial charge in [-0.15, -0.1) is 0 Å². The molecule has 4 N–H and O–H groups in total. The molecule has 1 atom stereocenters. The van der Waals surface area contributed by atoms with Gasteiger partial charge in [0.25, 0.3) is 0 Å². The third-order valence-electron chi connectivity index (χ3n) is 1.61. The van der Waals surface area contributed by atoms with E-state index in [1.807, 2.05) is 13.8 Å². The number of hydrogen-bond acceptors (Lipinski definition) is 3. The van der Waals surface area contributed by atoms with Gasteiger partial charge >= 0.3 is 0 Å². The van der Waals surface area contributed by atoms with Gasteiger partial charge < -0.3 is 16.2 Å². The van der Waals surface area contributed by atoms with Crippen molar-refractivity contribution in [3.05, 3.63) is 0 Å². The van der Waals surface area contributed by atoms with Crippen LogP contribution in [0.3, 0.4) is 0 Å². The van der Waals surface area contributed by atoms with E-state index in [-0.39, 0.29) is 11.6 Å². The Labute approximate surface area is 62.7 Å². The van der Waals surface area contributed by atoms with E-state index >= 15 is 0 Å². The third-order valence-corrected chi connectivity index (χ3v) is 1.61. The van der Waals surface area contributed by atoms with Gasteiger partial charge in [-0.05, 0) is 20.3 Å². The average Bonchev–Trinajstić information content (AvgIpc) is 1.87. The maximum absolute atomic E-state index is 5.63. The lowest BCUT2D eigenvalue weighted by molar-refractivity contribution is 0.0108. The van der Waals surface area contributed by atoms with E-state index in [1.54, 1.807) is 7.11 Å². The Bertz CT molecular complexity index is 93.6. The lowest BCUT2D eigenvalue weighted by Gasteiger charge is -2.25. The molecule has 3 nitrogen and oxygen atoms in total. The third kappa shape index (κ3) is 3.82. The van der Waals surface area contributed by atoms with E-state index in [0.717, 1.165) is 6.42 Å². The normalized spacial score (nSPS) is 15.3. The SMILES string of the molecule is COC(C)(C)CC(N)CN. The lowest BCUT2D eigenvalue weighted by atomic mass is 10.00. The molecule has 0 radical (unpaired) electrons. The molecule has 0 aliphatic heterocycles. The molecule has 0 aromatic rings. The zero-order chi connectivity index (χ0) is 8.20. The molecular weight excluding hydrogens is 128 g/mol. The molecule has 0 saturated carbocycles. The average molecular weight is 146 g/mol. The van der Waals surface area contributed by atoms with Crippen molar-refractivity contribution >= 4 is 0 Å². The minimum Gasteiger partial charge on any atom is -0.379 e. The first-order valence-electron chi connectivity index (χ1n) is 3.52. The zero-order valence-electron chi connectivity index (χ0n) is 7.05. The van der Waals surface area contributed by atoms with Gasteiger partial charge in [0, 0.05) is 19.7 Å². The lowest BCUT2D eigenvalue weighted by Crippen LogP contribution is -2.38. The Morgan fingerprint density at radius 1 is 1.50 bits per heavy atom. The molecule has 10 heavy (non-hydrogen) atoms. The van der Waals surface area contributed by atoms with Crippen LogP contribution >= 0.6 is 0 Å². The summed E-state index contributed by atoms with van der Waals surface area (Å²) in [6.07, 6.45) is 0.806. The highest BCUT2D eigenvalue weighted by molar-refractivity contribution is 4.75. The molecule has 0 fully saturated rings. The van der Waals surface area contributed by atoms with Gasteiger partial charge in [-0.1, -0.05) is 0 Å². The summed E-state index contributed by atoms with van der Waals surface area (Å²) in [4.78, 5) is 0. The van der Waals surface area contributed by atoms with Crippen molar-refractivity contribution < 1.29 is 4.74 Å². The Morgan fingerprint density at radius 3 is 2.30 bits per heavy atom. The van der Waals surface area contributed by atoms with Crippen molar-refractivity contribution in [2.75, 3.05) is 13.7 Å². The highest BCUT2D eigenvalue weighted by Gasteiger charge is 2.19. The second-order valence-electron chi connectivity index (χ2n) is 3.16. The van der Waals surface area contributed by atoms with Crippen molar-refractivity contribution in [2.24, 2.45) is 11.5 Å². The summed E-state index contributed by atoms with van der Waals surface area (Å²) in [6, 6.07) is 0.0509. The Hall–Kier alpha value is -0.120. The quantitative estimate of drug-likeness (QED) is 0.591. The predicted molar refractivity (Wildman–Crippen MR) is 42.7 cm³/mol. The number of hydrogen-bond donors (Lipinski definition) is 2. The van der Waals surface area contributed by atoms with Crippen LogP contribution in [0.2, 0.25) is 0 Å². The molecular formula is C7H18N2O. The molecule has 3 heteroatoms. The first-order valence-corrected chi connectivity index (χ1v) is 3.52. The smallest absolute Gasteiger partial charge is 0.0638 e. The van der Waals surface area contributed by atoms with Gasteiger partial charge in [-0.3, -0.25) is 0 Å². The maximum Gasteiger partial charge on any atom is 0.0638 e. The fourth-order valence-corrected chi connectivity index (χ4v) is 0.798. The van der Waals surface area contributed by atoms with Gasteiger partial charge in [-0.2, -0.15) is 0 Å². The summed E-state index contributed by atoms with van der Waals surface area (Å²) in [6.45, 7) is 4.53. The van der Waals surface area contributed by atoms with Crippen molar-refractivity contribution in [1.29, 1.82) is 0 Å². The van der Waals surface area contributed by atoms with Crippen molar-refractivity contribution in [1.82, 2.24) is 0 Å². The molecule has 0 aromatic carbocycles. The van der Waals surface area contributed by atoms with Crippen LogP contribution in [0.1, 0.15) is 20.3 Å². The van der Waals surface area contributed by atoms with Crippen LogP contribution < -0.4 is 11.5 Å². The zero-order valence-corrected chi connectivity index (χ0v) is 7.05. The van der Waals surface area contributed by atoms with Crippen molar-refractivity contribution in [3.8, 4) is 0 Å². The van der Waals surface area contributed by atoms with E-state index in [4.69, 9.17) is 16.2 Å². The highest BCUT2D eigenvalue weighted by atomic mass is 16.5. The van der Waals surface area contributed by atoms with Crippen LogP contribution in [0.25, 0.3) is 0 Å². The Kier molecular flexibility index (Phi) is 3.86. The number of methoxy groups -OCH3 is 1. The molecule has 0 aliphatic rings. The summed E-state index contributed by atoms with van der Waals surface area (Å²) >= 11 is 0. The summed E-state index contributed by atoms with van der Waals surface area (Å²) in [5.74, 6) is 0. The molecule has 1 unspecified atom stereocenters. The molecule has 0 rings (SSSR count). The summed E-state index contributed by atoms with van der Waals surface area (Å²) < 4.78 is 5.17. The Balaban J connectivity index is 3.64. The monoisotopic (exact) mass is 146 g/mol. The second kappa shape index (κ2) is 3.91. The van der Waals surface area contributed by atoms with E-state index in [9.17, 15) is 0 Å². The van der Waals surface area contributed by atoms with Gasteiger partial charge in [0.05, 0.1) is 5.60 Å². The summed E-state index contributed by atoms with van der Waals surface area (Å²) in [5, 5.41) is 0. The molecule has 0 aliphatic carbocycles. The maximum atomic E-state index is 5.63. The van der Waals surface area contributed by atoms with E-state index in [1.165, 1.54) is 0 Å². The topological polar surface area (TPSA) is 61.3 Å².